The van der Waals surface area contributed by atoms with Crippen LogP contribution in [-0.2, 0) is 11.3 Å². The number of nitrogens with one attached hydrogen (secondary N) is 1. The summed E-state index contributed by atoms with van der Waals surface area (Å²) < 4.78 is 15.8. The van der Waals surface area contributed by atoms with Gasteiger partial charge < -0.3 is 19.5 Å². The highest BCUT2D eigenvalue weighted by atomic mass is 35.5. The molecule has 2 aromatic carbocycles. The first-order chi connectivity index (χ1) is 11.1. The number of carbonyl (C=O) groups excluding carboxylic acids is 1. The Morgan fingerprint density at radius 3 is 2.39 bits per heavy atom. The number of hydrogen-bond acceptors (Lipinski definition) is 4. The predicted molar refractivity (Wildman–Crippen MR) is 88.3 cm³/mol. The molecule has 2 aromatic rings. The molecular formula is C17H18ClNO4. The number of rotatable bonds is 7. The minimum absolute atomic E-state index is 0.0693. The van der Waals surface area contributed by atoms with Gasteiger partial charge in [0.2, 0.25) is 0 Å². The standard InChI is InChI=1S/C17H18ClNO4/c1-21-15-6-3-12(16(9-15)22-2)10-19-17(20)11-23-14-7-4-13(18)5-8-14/h3-9H,10-11H2,1-2H3,(H,19,20). The summed E-state index contributed by atoms with van der Waals surface area (Å²) in [7, 11) is 3.16. The molecule has 0 heterocycles. The van der Waals surface area contributed by atoms with E-state index in [0.717, 1.165) is 5.56 Å². The first-order valence-electron chi connectivity index (χ1n) is 6.98. The summed E-state index contributed by atoms with van der Waals surface area (Å²) in [5, 5.41) is 3.40. The second-order valence-electron chi connectivity index (χ2n) is 4.70. The van der Waals surface area contributed by atoms with Gasteiger partial charge in [0.15, 0.2) is 6.61 Å². The molecule has 0 bridgehead atoms. The molecule has 5 nitrogen and oxygen atoms in total. The largest absolute Gasteiger partial charge is 0.497 e. The second-order valence-corrected chi connectivity index (χ2v) is 5.13. The summed E-state index contributed by atoms with van der Waals surface area (Å²) in [6.45, 7) is 0.274. The minimum atomic E-state index is -0.224. The maximum absolute atomic E-state index is 11.9. The van der Waals surface area contributed by atoms with Crippen LogP contribution in [0.5, 0.6) is 17.2 Å². The van der Waals surface area contributed by atoms with Gasteiger partial charge in [-0.05, 0) is 36.4 Å². The number of halogens is 1. The molecule has 0 saturated carbocycles. The van der Waals surface area contributed by atoms with Gasteiger partial charge in [0, 0.05) is 23.2 Å². The van der Waals surface area contributed by atoms with E-state index in [0.29, 0.717) is 28.8 Å². The fourth-order valence-corrected chi connectivity index (χ4v) is 2.05. The fraction of sp³-hybridized carbons (Fsp3) is 0.235. The highest BCUT2D eigenvalue weighted by Gasteiger charge is 2.08. The van der Waals surface area contributed by atoms with Crippen LogP contribution in [0.3, 0.4) is 0 Å². The highest BCUT2D eigenvalue weighted by Crippen LogP contribution is 2.24. The summed E-state index contributed by atoms with van der Waals surface area (Å²) in [6.07, 6.45) is 0. The summed E-state index contributed by atoms with van der Waals surface area (Å²) in [5.74, 6) is 1.72. The summed E-state index contributed by atoms with van der Waals surface area (Å²) in [6, 6.07) is 12.3. The van der Waals surface area contributed by atoms with Gasteiger partial charge >= 0.3 is 0 Å². The summed E-state index contributed by atoms with van der Waals surface area (Å²) in [5.41, 5.74) is 0.855. The van der Waals surface area contributed by atoms with E-state index in [2.05, 4.69) is 5.32 Å². The van der Waals surface area contributed by atoms with Gasteiger partial charge in [-0.15, -0.1) is 0 Å². The molecule has 0 aliphatic carbocycles. The topological polar surface area (TPSA) is 56.8 Å². The molecule has 1 amide bonds. The number of methoxy groups -OCH3 is 2. The van der Waals surface area contributed by atoms with E-state index in [1.807, 2.05) is 12.1 Å². The highest BCUT2D eigenvalue weighted by molar-refractivity contribution is 6.30. The van der Waals surface area contributed by atoms with Crippen LogP contribution in [0.1, 0.15) is 5.56 Å². The van der Waals surface area contributed by atoms with E-state index in [4.69, 9.17) is 25.8 Å². The average molecular weight is 336 g/mol. The van der Waals surface area contributed by atoms with Crippen LogP contribution in [0.4, 0.5) is 0 Å². The Bertz CT molecular complexity index is 658. The Morgan fingerprint density at radius 2 is 1.74 bits per heavy atom. The number of ether oxygens (including phenoxy) is 3. The molecule has 0 aliphatic heterocycles. The average Bonchev–Trinajstić information content (AvgIpc) is 2.59. The van der Waals surface area contributed by atoms with Gasteiger partial charge in [-0.3, -0.25) is 4.79 Å². The van der Waals surface area contributed by atoms with Crippen molar-refractivity contribution < 1.29 is 19.0 Å². The number of carbonyl (C=O) groups is 1. The summed E-state index contributed by atoms with van der Waals surface area (Å²) in [4.78, 5) is 11.9. The molecule has 0 saturated heterocycles. The van der Waals surface area contributed by atoms with E-state index in [1.165, 1.54) is 0 Å². The van der Waals surface area contributed by atoms with Crippen LogP contribution < -0.4 is 19.5 Å². The zero-order chi connectivity index (χ0) is 16.7. The lowest BCUT2D eigenvalue weighted by atomic mass is 10.2. The third kappa shape index (κ3) is 5.07. The summed E-state index contributed by atoms with van der Waals surface area (Å²) >= 11 is 5.79. The van der Waals surface area contributed by atoms with Gasteiger partial charge in [-0.25, -0.2) is 0 Å². The van der Waals surface area contributed by atoms with Gasteiger partial charge in [0.1, 0.15) is 17.2 Å². The van der Waals surface area contributed by atoms with E-state index in [9.17, 15) is 4.79 Å². The molecule has 0 unspecified atom stereocenters. The first-order valence-corrected chi connectivity index (χ1v) is 7.36. The van der Waals surface area contributed by atoms with Crippen molar-refractivity contribution in [1.29, 1.82) is 0 Å². The lowest BCUT2D eigenvalue weighted by molar-refractivity contribution is -0.123. The number of amides is 1. The van der Waals surface area contributed by atoms with E-state index >= 15 is 0 Å². The molecule has 0 radical (unpaired) electrons. The van der Waals surface area contributed by atoms with Gasteiger partial charge in [-0.1, -0.05) is 11.6 Å². The van der Waals surface area contributed by atoms with Crippen molar-refractivity contribution in [1.82, 2.24) is 5.32 Å². The molecule has 0 atom stereocenters. The minimum Gasteiger partial charge on any atom is -0.497 e. The smallest absolute Gasteiger partial charge is 0.258 e. The molecular weight excluding hydrogens is 318 g/mol. The number of hydrogen-bond donors (Lipinski definition) is 1. The molecule has 2 rings (SSSR count). The van der Waals surface area contributed by atoms with Crippen LogP contribution in [-0.4, -0.2) is 26.7 Å². The van der Waals surface area contributed by atoms with Crippen molar-refractivity contribution >= 4 is 17.5 Å². The van der Waals surface area contributed by atoms with Gasteiger partial charge in [-0.2, -0.15) is 0 Å². The lowest BCUT2D eigenvalue weighted by Crippen LogP contribution is -2.28. The predicted octanol–water partition coefficient (Wildman–Crippen LogP) is 3.05. The Hall–Kier alpha value is -2.40. The third-order valence-electron chi connectivity index (χ3n) is 3.15. The Kier molecular flexibility index (Phi) is 6.11. The molecule has 122 valence electrons. The maximum atomic E-state index is 11.9. The van der Waals surface area contributed by atoms with Crippen molar-refractivity contribution in [2.45, 2.75) is 6.54 Å². The SMILES string of the molecule is COc1ccc(CNC(=O)COc2ccc(Cl)cc2)c(OC)c1. The monoisotopic (exact) mass is 335 g/mol. The van der Waals surface area contributed by atoms with Crippen LogP contribution >= 0.6 is 11.6 Å². The molecule has 0 fully saturated rings. The van der Waals surface area contributed by atoms with Crippen LogP contribution in [0.2, 0.25) is 5.02 Å². The van der Waals surface area contributed by atoms with Crippen molar-refractivity contribution in [3.63, 3.8) is 0 Å². The van der Waals surface area contributed by atoms with Crippen molar-refractivity contribution in [3.05, 3.63) is 53.1 Å². The van der Waals surface area contributed by atoms with Gasteiger partial charge in [0.05, 0.1) is 14.2 Å². The zero-order valence-corrected chi connectivity index (χ0v) is 13.7. The third-order valence-corrected chi connectivity index (χ3v) is 3.41. The Morgan fingerprint density at radius 1 is 1.04 bits per heavy atom. The molecule has 1 N–H and O–H groups in total. The fourth-order valence-electron chi connectivity index (χ4n) is 1.92. The van der Waals surface area contributed by atoms with Crippen LogP contribution in [0, 0.1) is 0 Å². The van der Waals surface area contributed by atoms with E-state index < -0.39 is 0 Å². The molecule has 0 aliphatic rings. The van der Waals surface area contributed by atoms with Crippen molar-refractivity contribution in [2.24, 2.45) is 0 Å². The van der Waals surface area contributed by atoms with Crippen molar-refractivity contribution in [3.8, 4) is 17.2 Å². The van der Waals surface area contributed by atoms with Crippen LogP contribution in [0.25, 0.3) is 0 Å². The molecule has 0 aromatic heterocycles. The van der Waals surface area contributed by atoms with Gasteiger partial charge in [0.25, 0.3) is 5.91 Å². The Labute approximate surface area is 140 Å². The molecule has 23 heavy (non-hydrogen) atoms. The lowest BCUT2D eigenvalue weighted by Gasteiger charge is -2.12. The van der Waals surface area contributed by atoms with E-state index in [1.54, 1.807) is 44.6 Å². The molecule has 0 spiro atoms. The van der Waals surface area contributed by atoms with Crippen LogP contribution in [0.15, 0.2) is 42.5 Å². The first kappa shape index (κ1) is 17.0. The second kappa shape index (κ2) is 8.29. The normalized spacial score (nSPS) is 10.0. The molecule has 6 heteroatoms. The number of benzene rings is 2. The maximum Gasteiger partial charge on any atom is 0.258 e. The van der Waals surface area contributed by atoms with Crippen molar-refractivity contribution in [2.75, 3.05) is 20.8 Å². The quantitative estimate of drug-likeness (QED) is 0.845. The van der Waals surface area contributed by atoms with E-state index in [-0.39, 0.29) is 12.5 Å². The zero-order valence-electron chi connectivity index (χ0n) is 13.0. The Balaban J connectivity index is 1.85.